The summed E-state index contributed by atoms with van der Waals surface area (Å²) in [7, 11) is -7.00. The zero-order valence-electron chi connectivity index (χ0n) is 27.9. The molecule has 242 valence electrons. The van der Waals surface area contributed by atoms with E-state index in [1.165, 1.54) is 0 Å². The minimum absolute atomic E-state index is 0.120. The van der Waals surface area contributed by atoms with Gasteiger partial charge in [0.05, 0.1) is 0 Å². The van der Waals surface area contributed by atoms with Crippen LogP contribution in [0.15, 0.2) is 182 Å². The molecule has 4 nitrogen and oxygen atoms in total. The zero-order chi connectivity index (χ0) is 33.9. The van der Waals surface area contributed by atoms with Crippen LogP contribution in [0, 0.1) is 0 Å². The number of rotatable bonds is 10. The van der Waals surface area contributed by atoms with Gasteiger partial charge in [0.1, 0.15) is 5.54 Å². The number of carbonyl (C=O) groups is 2. The van der Waals surface area contributed by atoms with Gasteiger partial charge in [-0.1, -0.05) is 196 Å². The highest BCUT2D eigenvalue weighted by atomic mass is 28.3. The van der Waals surface area contributed by atoms with Gasteiger partial charge in [0.25, 0.3) is 16.5 Å². The van der Waals surface area contributed by atoms with E-state index in [0.717, 1.165) is 31.1 Å². The number of amides is 3. The minimum atomic E-state index is -3.55. The topological polar surface area (TPSA) is 40.6 Å². The van der Waals surface area contributed by atoms with Crippen LogP contribution in [0.1, 0.15) is 26.7 Å². The SMILES string of the molecule is CCC1(CC)C(=O)N([Si](c2ccccc2)(c2ccccc2)c2ccccc2)C(=O)N1[Si](c1ccccc1)(c1ccccc1)c1ccccc1. The fraction of sp³-hybridized carbons (Fsp3) is 0.116. The van der Waals surface area contributed by atoms with Gasteiger partial charge in [0, 0.05) is 0 Å². The molecule has 6 aromatic carbocycles. The Morgan fingerprint density at radius 3 is 0.898 bits per heavy atom. The van der Waals surface area contributed by atoms with Gasteiger partial charge in [-0.15, -0.1) is 0 Å². The molecule has 0 aliphatic carbocycles. The number of imide groups is 1. The first kappa shape index (κ1) is 32.3. The Morgan fingerprint density at radius 2 is 0.653 bits per heavy atom. The van der Waals surface area contributed by atoms with Gasteiger partial charge in [-0.25, -0.2) is 4.79 Å². The van der Waals surface area contributed by atoms with Crippen LogP contribution in [0.25, 0.3) is 0 Å². The quantitative estimate of drug-likeness (QED) is 0.115. The molecule has 6 aromatic rings. The van der Waals surface area contributed by atoms with Crippen molar-refractivity contribution >= 4 is 59.5 Å². The third-order valence-electron chi connectivity index (χ3n) is 10.4. The summed E-state index contributed by atoms with van der Waals surface area (Å²) in [6.45, 7) is 4.14. The molecule has 0 aromatic heterocycles. The maximum atomic E-state index is 16.3. The smallest absolute Gasteiger partial charge is 0.313 e. The lowest BCUT2D eigenvalue weighted by atomic mass is 9.93. The highest BCUT2D eigenvalue weighted by molar-refractivity contribution is 7.14. The number of hydrogen-bond donors (Lipinski definition) is 0. The van der Waals surface area contributed by atoms with E-state index >= 15 is 9.59 Å². The fourth-order valence-corrected chi connectivity index (χ4v) is 18.2. The molecule has 0 spiro atoms. The Bertz CT molecular complexity index is 1830. The maximum Gasteiger partial charge on any atom is 0.313 e. The van der Waals surface area contributed by atoms with Gasteiger partial charge in [-0.3, -0.25) is 9.36 Å². The average Bonchev–Trinajstić information content (AvgIpc) is 3.41. The summed E-state index contributed by atoms with van der Waals surface area (Å²) >= 11 is 0. The molecule has 6 heteroatoms. The van der Waals surface area contributed by atoms with Crippen molar-refractivity contribution in [3.8, 4) is 0 Å². The van der Waals surface area contributed by atoms with Crippen molar-refractivity contribution in [1.82, 2.24) is 9.13 Å². The largest absolute Gasteiger partial charge is 0.325 e. The van der Waals surface area contributed by atoms with E-state index in [1.807, 2.05) is 72.8 Å². The summed E-state index contributed by atoms with van der Waals surface area (Å²) in [5, 5.41) is 6.16. The maximum absolute atomic E-state index is 16.3. The number of hydrogen-bond acceptors (Lipinski definition) is 2. The van der Waals surface area contributed by atoms with Crippen molar-refractivity contribution in [3.63, 3.8) is 0 Å². The van der Waals surface area contributed by atoms with Crippen LogP contribution >= 0.6 is 0 Å². The molecule has 1 fully saturated rings. The molecule has 1 aliphatic heterocycles. The Balaban J connectivity index is 1.64. The monoisotopic (exact) mass is 672 g/mol. The van der Waals surface area contributed by atoms with E-state index in [4.69, 9.17) is 0 Å². The molecular formula is C43H40N2O2Si2. The lowest BCUT2D eigenvalue weighted by Gasteiger charge is -2.48. The summed E-state index contributed by atoms with van der Waals surface area (Å²) in [4.78, 5) is 32.2. The molecule has 0 atom stereocenters. The highest BCUT2D eigenvalue weighted by Gasteiger charge is 2.69. The van der Waals surface area contributed by atoms with Gasteiger partial charge in [-0.05, 0) is 44.0 Å². The van der Waals surface area contributed by atoms with Crippen molar-refractivity contribution in [2.24, 2.45) is 0 Å². The lowest BCUT2D eigenvalue weighted by molar-refractivity contribution is -0.130. The first-order chi connectivity index (χ1) is 24.1. The van der Waals surface area contributed by atoms with Crippen LogP contribution in [0.4, 0.5) is 4.79 Å². The molecule has 1 heterocycles. The van der Waals surface area contributed by atoms with E-state index < -0.39 is 22.0 Å². The number of carbonyl (C=O) groups excluding carboxylic acids is 2. The summed E-state index contributed by atoms with van der Waals surface area (Å²) in [6, 6.07) is 61.8. The van der Waals surface area contributed by atoms with Crippen molar-refractivity contribution in [2.75, 3.05) is 0 Å². The van der Waals surface area contributed by atoms with Crippen LogP contribution in [-0.4, -0.2) is 43.1 Å². The molecule has 3 amide bonds. The molecule has 0 unspecified atom stereocenters. The van der Waals surface area contributed by atoms with Gasteiger partial charge in [0.2, 0.25) is 5.91 Å². The summed E-state index contributed by atoms with van der Waals surface area (Å²) in [6.07, 6.45) is 0.962. The molecular weight excluding hydrogens is 633 g/mol. The third kappa shape index (κ3) is 4.85. The van der Waals surface area contributed by atoms with Crippen molar-refractivity contribution in [2.45, 2.75) is 32.2 Å². The number of urea groups is 1. The Labute approximate surface area is 291 Å². The second-order valence-corrected chi connectivity index (χ2v) is 19.8. The Hall–Kier alpha value is -5.31. The Morgan fingerprint density at radius 1 is 0.408 bits per heavy atom. The minimum Gasteiger partial charge on any atom is -0.325 e. The standard InChI is InChI=1S/C43H40N2O2Si2/c1-3-43(4-2)41(46)44(48(35-23-11-5-12-24-35,36-25-13-6-14-26-36)37-27-15-7-16-28-37)42(47)45(43)49(38-29-17-8-18-30-38,39-31-19-9-20-32-39)40-33-21-10-22-34-40/h5-34H,3-4H2,1-2H3. The number of benzene rings is 6. The molecule has 0 N–H and O–H groups in total. The summed E-state index contributed by atoms with van der Waals surface area (Å²) in [5.74, 6) is -0.120. The van der Waals surface area contributed by atoms with Gasteiger partial charge < -0.3 is 4.57 Å². The van der Waals surface area contributed by atoms with Gasteiger partial charge in [-0.2, -0.15) is 0 Å². The van der Waals surface area contributed by atoms with Crippen molar-refractivity contribution < 1.29 is 9.59 Å². The first-order valence-electron chi connectivity index (χ1n) is 17.1. The second-order valence-electron chi connectivity index (χ2n) is 12.6. The molecule has 7 rings (SSSR count). The molecule has 0 bridgehead atoms. The second kappa shape index (κ2) is 13.3. The predicted molar refractivity (Wildman–Crippen MR) is 205 cm³/mol. The third-order valence-corrected chi connectivity index (χ3v) is 19.8. The van der Waals surface area contributed by atoms with Gasteiger partial charge in [0.15, 0.2) is 0 Å². The van der Waals surface area contributed by atoms with Crippen LogP contribution < -0.4 is 31.1 Å². The Kier molecular flexibility index (Phi) is 8.76. The van der Waals surface area contributed by atoms with E-state index in [-0.39, 0.29) is 11.9 Å². The van der Waals surface area contributed by atoms with E-state index in [0.29, 0.717) is 12.8 Å². The number of nitrogens with zero attached hydrogens (tertiary/aromatic N) is 2. The molecule has 1 aliphatic rings. The van der Waals surface area contributed by atoms with E-state index in [9.17, 15) is 0 Å². The van der Waals surface area contributed by atoms with Crippen LogP contribution in [-0.2, 0) is 4.79 Å². The van der Waals surface area contributed by atoms with E-state index in [2.05, 4.69) is 128 Å². The van der Waals surface area contributed by atoms with Crippen molar-refractivity contribution in [3.05, 3.63) is 182 Å². The lowest BCUT2D eigenvalue weighted by Crippen LogP contribution is -2.82. The predicted octanol–water partition coefficient (Wildman–Crippen LogP) is 5.14. The van der Waals surface area contributed by atoms with E-state index in [1.54, 1.807) is 4.57 Å². The van der Waals surface area contributed by atoms with Crippen LogP contribution in [0.3, 0.4) is 0 Å². The van der Waals surface area contributed by atoms with Gasteiger partial charge >= 0.3 is 6.03 Å². The highest BCUT2D eigenvalue weighted by Crippen LogP contribution is 2.40. The fourth-order valence-electron chi connectivity index (χ4n) is 8.15. The summed E-state index contributed by atoms with van der Waals surface area (Å²) in [5.41, 5.74) is -1.10. The normalized spacial score (nSPS) is 14.7. The first-order valence-corrected chi connectivity index (χ1v) is 21.0. The van der Waals surface area contributed by atoms with Crippen LogP contribution in [0.5, 0.6) is 0 Å². The van der Waals surface area contributed by atoms with Crippen molar-refractivity contribution in [1.29, 1.82) is 0 Å². The molecule has 0 radical (unpaired) electrons. The van der Waals surface area contributed by atoms with Crippen LogP contribution in [0.2, 0.25) is 0 Å². The summed E-state index contributed by atoms with van der Waals surface area (Å²) < 4.78 is 3.87. The molecule has 49 heavy (non-hydrogen) atoms. The zero-order valence-corrected chi connectivity index (χ0v) is 29.9. The molecule has 1 saturated heterocycles. The molecule has 0 saturated carbocycles. The average molecular weight is 673 g/mol.